The van der Waals surface area contributed by atoms with Gasteiger partial charge in [-0.1, -0.05) is 32.0 Å². The molecule has 0 bridgehead atoms. The van der Waals surface area contributed by atoms with E-state index in [-0.39, 0.29) is 5.91 Å². The van der Waals surface area contributed by atoms with Crippen LogP contribution in [-0.2, 0) is 4.74 Å². The van der Waals surface area contributed by atoms with E-state index in [0.717, 1.165) is 56.9 Å². The largest absolute Gasteiger partial charge is 0.379 e. The third-order valence-electron chi connectivity index (χ3n) is 3.43. The number of hydrogen-bond acceptors (Lipinski definition) is 3. The molecule has 1 aromatic carbocycles. The van der Waals surface area contributed by atoms with Crippen LogP contribution in [0.3, 0.4) is 0 Å². The minimum absolute atomic E-state index is 0.0278. The summed E-state index contributed by atoms with van der Waals surface area (Å²) in [5, 5.41) is 2.98. The summed E-state index contributed by atoms with van der Waals surface area (Å²) >= 11 is 0. The van der Waals surface area contributed by atoms with Crippen LogP contribution >= 0.6 is 0 Å². The molecule has 0 spiro atoms. The number of aryl methyl sites for hydroxylation is 1. The van der Waals surface area contributed by atoms with Crippen LogP contribution in [0.2, 0.25) is 0 Å². The molecule has 0 radical (unpaired) electrons. The predicted octanol–water partition coefficient (Wildman–Crippen LogP) is 2.47. The van der Waals surface area contributed by atoms with E-state index < -0.39 is 0 Å². The summed E-state index contributed by atoms with van der Waals surface area (Å²) in [6.45, 7) is 11.4. The van der Waals surface area contributed by atoms with Crippen molar-refractivity contribution in [3.05, 3.63) is 35.4 Å². The molecular formula is C17H28N2O2. The highest BCUT2D eigenvalue weighted by Gasteiger charge is 2.10. The molecule has 1 aliphatic heterocycles. The van der Waals surface area contributed by atoms with Gasteiger partial charge in [0.25, 0.3) is 5.91 Å². The molecule has 1 amide bonds. The van der Waals surface area contributed by atoms with E-state index in [1.807, 2.05) is 45.0 Å². The van der Waals surface area contributed by atoms with Gasteiger partial charge in [0.05, 0.1) is 13.2 Å². The van der Waals surface area contributed by atoms with Crippen molar-refractivity contribution in [1.82, 2.24) is 10.2 Å². The van der Waals surface area contributed by atoms with Crippen molar-refractivity contribution < 1.29 is 9.53 Å². The Morgan fingerprint density at radius 1 is 1.24 bits per heavy atom. The van der Waals surface area contributed by atoms with Gasteiger partial charge in [-0.25, -0.2) is 0 Å². The molecule has 1 heterocycles. The Balaban J connectivity index is 0.00000106. The number of benzene rings is 1. The molecule has 21 heavy (non-hydrogen) atoms. The molecule has 0 aliphatic carbocycles. The Bertz CT molecular complexity index is 415. The van der Waals surface area contributed by atoms with E-state index in [9.17, 15) is 4.79 Å². The standard InChI is InChI=1S/C15H22N2O2.C2H6/c1-13-5-2-3-6-14(13)15(18)16-7-4-8-17-9-11-19-12-10-17;1-2/h2-3,5-6H,4,7-12H2,1H3,(H,16,18);1-2H3. The number of nitrogens with zero attached hydrogens (tertiary/aromatic N) is 1. The van der Waals surface area contributed by atoms with Gasteiger partial charge in [0.15, 0.2) is 0 Å². The van der Waals surface area contributed by atoms with Gasteiger partial charge in [0.2, 0.25) is 0 Å². The number of hydrogen-bond donors (Lipinski definition) is 1. The number of carbonyl (C=O) groups excluding carboxylic acids is 1. The zero-order valence-corrected chi connectivity index (χ0v) is 13.5. The number of morpholine rings is 1. The van der Waals surface area contributed by atoms with Crippen molar-refractivity contribution in [3.63, 3.8) is 0 Å². The smallest absolute Gasteiger partial charge is 0.251 e. The average Bonchev–Trinajstić information content (AvgIpc) is 2.55. The van der Waals surface area contributed by atoms with Gasteiger partial charge in [-0.05, 0) is 31.5 Å². The van der Waals surface area contributed by atoms with Gasteiger partial charge >= 0.3 is 0 Å². The fourth-order valence-corrected chi connectivity index (χ4v) is 2.25. The van der Waals surface area contributed by atoms with Gasteiger partial charge in [-0.2, -0.15) is 0 Å². The van der Waals surface area contributed by atoms with E-state index in [2.05, 4.69) is 10.2 Å². The van der Waals surface area contributed by atoms with Crippen molar-refractivity contribution in [3.8, 4) is 0 Å². The fourth-order valence-electron chi connectivity index (χ4n) is 2.25. The molecule has 1 saturated heterocycles. The zero-order valence-electron chi connectivity index (χ0n) is 13.5. The Morgan fingerprint density at radius 3 is 2.57 bits per heavy atom. The van der Waals surface area contributed by atoms with Gasteiger partial charge in [-0.15, -0.1) is 0 Å². The van der Waals surface area contributed by atoms with Crippen LogP contribution in [0.5, 0.6) is 0 Å². The number of ether oxygens (including phenoxy) is 1. The summed E-state index contributed by atoms with van der Waals surface area (Å²) in [5.41, 5.74) is 1.79. The molecule has 2 rings (SSSR count). The summed E-state index contributed by atoms with van der Waals surface area (Å²) in [5.74, 6) is 0.0278. The molecule has 4 nitrogen and oxygen atoms in total. The average molecular weight is 292 g/mol. The predicted molar refractivity (Wildman–Crippen MR) is 86.7 cm³/mol. The maximum atomic E-state index is 12.0. The lowest BCUT2D eigenvalue weighted by Crippen LogP contribution is -2.38. The van der Waals surface area contributed by atoms with Gasteiger partial charge in [0, 0.05) is 25.2 Å². The first kappa shape index (κ1) is 17.7. The summed E-state index contributed by atoms with van der Waals surface area (Å²) in [6.07, 6.45) is 0.984. The molecule has 0 atom stereocenters. The Hall–Kier alpha value is -1.39. The maximum absolute atomic E-state index is 12.0. The third kappa shape index (κ3) is 6.27. The lowest BCUT2D eigenvalue weighted by atomic mass is 10.1. The minimum atomic E-state index is 0.0278. The normalized spacial score (nSPS) is 15.0. The Morgan fingerprint density at radius 2 is 1.90 bits per heavy atom. The molecule has 0 aromatic heterocycles. The summed E-state index contributed by atoms with van der Waals surface area (Å²) in [4.78, 5) is 14.4. The lowest BCUT2D eigenvalue weighted by Gasteiger charge is -2.26. The zero-order chi connectivity index (χ0) is 15.5. The first-order valence-electron chi connectivity index (χ1n) is 7.91. The van der Waals surface area contributed by atoms with Crippen LogP contribution in [0.25, 0.3) is 0 Å². The highest BCUT2D eigenvalue weighted by atomic mass is 16.5. The van der Waals surface area contributed by atoms with Crippen molar-refractivity contribution >= 4 is 5.91 Å². The topological polar surface area (TPSA) is 41.6 Å². The molecule has 1 aliphatic rings. The third-order valence-corrected chi connectivity index (χ3v) is 3.43. The number of carbonyl (C=O) groups is 1. The lowest BCUT2D eigenvalue weighted by molar-refractivity contribution is 0.0374. The second-order valence-corrected chi connectivity index (χ2v) is 4.88. The van der Waals surface area contributed by atoms with Crippen molar-refractivity contribution in [1.29, 1.82) is 0 Å². The van der Waals surface area contributed by atoms with Crippen molar-refractivity contribution in [2.75, 3.05) is 39.4 Å². The second kappa shape index (κ2) is 10.4. The first-order chi connectivity index (χ1) is 10.3. The molecule has 4 heteroatoms. The molecule has 1 aromatic rings. The number of amides is 1. The molecular weight excluding hydrogens is 264 g/mol. The summed E-state index contributed by atoms with van der Waals surface area (Å²) in [7, 11) is 0. The van der Waals surface area contributed by atoms with Gasteiger partial charge in [0.1, 0.15) is 0 Å². The highest BCUT2D eigenvalue weighted by Crippen LogP contribution is 2.06. The number of rotatable bonds is 5. The molecule has 0 saturated carbocycles. The van der Waals surface area contributed by atoms with Gasteiger partial charge < -0.3 is 10.1 Å². The quantitative estimate of drug-likeness (QED) is 0.848. The Labute approximate surface area is 128 Å². The molecule has 1 fully saturated rings. The molecule has 0 unspecified atom stereocenters. The molecule has 118 valence electrons. The maximum Gasteiger partial charge on any atom is 0.251 e. The minimum Gasteiger partial charge on any atom is -0.379 e. The number of nitrogens with one attached hydrogen (secondary N) is 1. The molecule has 1 N–H and O–H groups in total. The highest BCUT2D eigenvalue weighted by molar-refractivity contribution is 5.95. The first-order valence-corrected chi connectivity index (χ1v) is 7.91. The van der Waals surface area contributed by atoms with Crippen molar-refractivity contribution in [2.24, 2.45) is 0 Å². The Kier molecular flexibility index (Phi) is 8.71. The fraction of sp³-hybridized carbons (Fsp3) is 0.588. The van der Waals surface area contributed by atoms with Crippen molar-refractivity contribution in [2.45, 2.75) is 27.2 Å². The van der Waals surface area contributed by atoms with E-state index in [0.29, 0.717) is 0 Å². The van der Waals surface area contributed by atoms with Crippen LogP contribution in [0, 0.1) is 6.92 Å². The summed E-state index contributed by atoms with van der Waals surface area (Å²) < 4.78 is 5.30. The summed E-state index contributed by atoms with van der Waals surface area (Å²) in [6, 6.07) is 7.68. The SMILES string of the molecule is CC.Cc1ccccc1C(=O)NCCCN1CCOCC1. The van der Waals surface area contributed by atoms with Crippen LogP contribution in [-0.4, -0.2) is 50.2 Å². The van der Waals surface area contributed by atoms with Crippen LogP contribution in [0.1, 0.15) is 36.2 Å². The van der Waals surface area contributed by atoms with E-state index in [1.165, 1.54) is 0 Å². The van der Waals surface area contributed by atoms with Gasteiger partial charge in [-0.3, -0.25) is 9.69 Å². The second-order valence-electron chi connectivity index (χ2n) is 4.88. The van der Waals surface area contributed by atoms with Crippen LogP contribution in [0.4, 0.5) is 0 Å². The van der Waals surface area contributed by atoms with E-state index >= 15 is 0 Å². The monoisotopic (exact) mass is 292 g/mol. The van der Waals surface area contributed by atoms with Crippen LogP contribution < -0.4 is 5.32 Å². The van der Waals surface area contributed by atoms with Crippen LogP contribution in [0.15, 0.2) is 24.3 Å². The van der Waals surface area contributed by atoms with E-state index in [1.54, 1.807) is 0 Å². The van der Waals surface area contributed by atoms with E-state index in [4.69, 9.17) is 4.74 Å².